The van der Waals surface area contributed by atoms with E-state index in [9.17, 15) is 9.59 Å². The van der Waals surface area contributed by atoms with Crippen molar-refractivity contribution in [3.8, 4) is 0 Å². The van der Waals surface area contributed by atoms with E-state index in [-0.39, 0.29) is 28.2 Å². The summed E-state index contributed by atoms with van der Waals surface area (Å²) in [5, 5.41) is 6.34. The molecule has 1 saturated heterocycles. The lowest BCUT2D eigenvalue weighted by Crippen LogP contribution is -2.54. The summed E-state index contributed by atoms with van der Waals surface area (Å²) >= 11 is 0. The Labute approximate surface area is 163 Å². The van der Waals surface area contributed by atoms with Crippen molar-refractivity contribution in [1.29, 1.82) is 0 Å². The minimum atomic E-state index is -0.209. The van der Waals surface area contributed by atoms with Crippen molar-refractivity contribution in [3.63, 3.8) is 0 Å². The van der Waals surface area contributed by atoms with E-state index in [1.54, 1.807) is 0 Å². The minimum Gasteiger partial charge on any atom is -0.348 e. The van der Waals surface area contributed by atoms with Crippen LogP contribution in [0, 0.1) is 28.6 Å². The van der Waals surface area contributed by atoms with Crippen LogP contribution in [0.1, 0.15) is 73.1 Å². The molecule has 1 aliphatic heterocycles. The SMILES string of the molecule is CC(C)(C)NC(=O)C1=CC[C@H]2[C@@H]3CC=C4NC(=O)CC[C@]4(C)[C@H]3CC[C@]12C. The van der Waals surface area contributed by atoms with Crippen LogP contribution in [0.15, 0.2) is 23.4 Å². The van der Waals surface area contributed by atoms with Gasteiger partial charge in [0.15, 0.2) is 0 Å². The second-order valence-corrected chi connectivity index (χ2v) is 10.7. The highest BCUT2D eigenvalue weighted by Crippen LogP contribution is 2.63. The predicted octanol–water partition coefficient (Wildman–Crippen LogP) is 4.08. The van der Waals surface area contributed by atoms with E-state index in [0.29, 0.717) is 24.2 Å². The maximum Gasteiger partial charge on any atom is 0.247 e. The quantitative estimate of drug-likeness (QED) is 0.730. The summed E-state index contributed by atoms with van der Waals surface area (Å²) in [6.07, 6.45) is 10.3. The van der Waals surface area contributed by atoms with Crippen LogP contribution in [0.5, 0.6) is 0 Å². The molecule has 1 heterocycles. The van der Waals surface area contributed by atoms with Gasteiger partial charge in [0.2, 0.25) is 11.8 Å². The third-order valence-electron chi connectivity index (χ3n) is 7.92. The average molecular weight is 371 g/mol. The van der Waals surface area contributed by atoms with Crippen molar-refractivity contribution >= 4 is 11.8 Å². The molecule has 4 rings (SSSR count). The Balaban J connectivity index is 1.60. The lowest BCUT2D eigenvalue weighted by atomic mass is 9.49. The molecule has 4 aliphatic rings. The van der Waals surface area contributed by atoms with E-state index in [4.69, 9.17) is 0 Å². The van der Waals surface area contributed by atoms with Crippen molar-refractivity contribution in [1.82, 2.24) is 10.6 Å². The third kappa shape index (κ3) is 2.87. The predicted molar refractivity (Wildman–Crippen MR) is 107 cm³/mol. The Kier molecular flexibility index (Phi) is 4.14. The van der Waals surface area contributed by atoms with Crippen molar-refractivity contribution in [3.05, 3.63) is 23.4 Å². The molecule has 4 heteroatoms. The first-order chi connectivity index (χ1) is 12.5. The number of carbonyl (C=O) groups excluding carboxylic acids is 2. The van der Waals surface area contributed by atoms with E-state index >= 15 is 0 Å². The number of amides is 2. The van der Waals surface area contributed by atoms with Crippen LogP contribution in [-0.2, 0) is 9.59 Å². The molecular formula is C23H34N2O2. The highest BCUT2D eigenvalue weighted by atomic mass is 16.2. The smallest absolute Gasteiger partial charge is 0.247 e. The van der Waals surface area contributed by atoms with Crippen LogP contribution in [0.25, 0.3) is 0 Å². The standard InChI is InChI=1S/C23H34N2O2/c1-21(2,3)25-20(27)17-8-7-15-14-6-9-18-23(5,13-11-19(26)24-18)16(14)10-12-22(15,17)4/h8-9,14-16H,6-7,10-13H2,1-5H3,(H,24,26)(H,25,27)/t14-,15-,16-,22-,23+/m0/s1. The summed E-state index contributed by atoms with van der Waals surface area (Å²) < 4.78 is 0. The fourth-order valence-electron chi connectivity index (χ4n) is 6.52. The summed E-state index contributed by atoms with van der Waals surface area (Å²) in [7, 11) is 0. The van der Waals surface area contributed by atoms with Crippen molar-refractivity contribution in [2.24, 2.45) is 28.6 Å². The summed E-state index contributed by atoms with van der Waals surface area (Å²) in [6.45, 7) is 10.8. The van der Waals surface area contributed by atoms with E-state index in [2.05, 4.69) is 36.6 Å². The number of rotatable bonds is 1. The molecule has 0 bridgehead atoms. The van der Waals surface area contributed by atoms with Gasteiger partial charge in [-0.3, -0.25) is 9.59 Å². The van der Waals surface area contributed by atoms with Gasteiger partial charge >= 0.3 is 0 Å². The first kappa shape index (κ1) is 18.8. The topological polar surface area (TPSA) is 58.2 Å². The van der Waals surface area contributed by atoms with Gasteiger partial charge in [0, 0.05) is 34.1 Å². The fraction of sp³-hybridized carbons (Fsp3) is 0.739. The van der Waals surface area contributed by atoms with Gasteiger partial charge in [-0.1, -0.05) is 26.0 Å². The normalized spacial score (nSPS) is 40.8. The maximum absolute atomic E-state index is 13.0. The Bertz CT molecular complexity index is 744. The molecule has 0 aromatic heterocycles. The van der Waals surface area contributed by atoms with Crippen molar-refractivity contribution in [2.45, 2.75) is 78.7 Å². The Morgan fingerprint density at radius 3 is 2.56 bits per heavy atom. The van der Waals surface area contributed by atoms with Gasteiger partial charge in [-0.2, -0.15) is 0 Å². The number of fused-ring (bicyclic) bond motifs is 5. The van der Waals surface area contributed by atoms with Gasteiger partial charge in [-0.25, -0.2) is 0 Å². The number of nitrogens with one attached hydrogen (secondary N) is 2. The minimum absolute atomic E-state index is 0.0177. The monoisotopic (exact) mass is 370 g/mol. The summed E-state index contributed by atoms with van der Waals surface area (Å²) in [4.78, 5) is 24.9. The molecule has 1 saturated carbocycles. The van der Waals surface area contributed by atoms with Crippen LogP contribution in [-0.4, -0.2) is 17.4 Å². The molecule has 0 spiro atoms. The van der Waals surface area contributed by atoms with Crippen LogP contribution < -0.4 is 10.6 Å². The van der Waals surface area contributed by atoms with Crippen molar-refractivity contribution < 1.29 is 9.59 Å². The molecule has 0 aromatic carbocycles. The molecule has 148 valence electrons. The molecule has 3 aliphatic carbocycles. The molecule has 2 N–H and O–H groups in total. The second-order valence-electron chi connectivity index (χ2n) is 10.7. The Morgan fingerprint density at radius 2 is 1.85 bits per heavy atom. The van der Waals surface area contributed by atoms with Crippen LogP contribution >= 0.6 is 0 Å². The molecule has 2 fully saturated rings. The molecule has 0 radical (unpaired) electrons. The Hall–Kier alpha value is -1.58. The number of piperidine rings is 1. The lowest BCUT2D eigenvalue weighted by Gasteiger charge is -2.56. The molecule has 0 aromatic rings. The lowest BCUT2D eigenvalue weighted by molar-refractivity contribution is -0.125. The zero-order valence-electron chi connectivity index (χ0n) is 17.4. The summed E-state index contributed by atoms with van der Waals surface area (Å²) in [6, 6.07) is 0. The molecule has 0 unspecified atom stereocenters. The molecular weight excluding hydrogens is 336 g/mol. The zero-order chi connectivity index (χ0) is 19.6. The van der Waals surface area contributed by atoms with Crippen LogP contribution in [0.3, 0.4) is 0 Å². The number of carbonyl (C=O) groups is 2. The van der Waals surface area contributed by atoms with E-state index < -0.39 is 0 Å². The summed E-state index contributed by atoms with van der Waals surface area (Å²) in [5.74, 6) is 2.03. The van der Waals surface area contributed by atoms with Gasteiger partial charge in [-0.15, -0.1) is 0 Å². The highest BCUT2D eigenvalue weighted by Gasteiger charge is 2.57. The third-order valence-corrected chi connectivity index (χ3v) is 7.92. The van der Waals surface area contributed by atoms with Crippen LogP contribution in [0.2, 0.25) is 0 Å². The number of hydrogen-bond acceptors (Lipinski definition) is 2. The maximum atomic E-state index is 13.0. The van der Waals surface area contributed by atoms with Crippen molar-refractivity contribution in [2.75, 3.05) is 0 Å². The molecule has 5 atom stereocenters. The van der Waals surface area contributed by atoms with Gasteiger partial charge in [-0.05, 0) is 70.6 Å². The number of allylic oxidation sites excluding steroid dienone is 3. The zero-order valence-corrected chi connectivity index (χ0v) is 17.4. The average Bonchev–Trinajstić information content (AvgIpc) is 2.91. The summed E-state index contributed by atoms with van der Waals surface area (Å²) in [5.41, 5.74) is 2.04. The van der Waals surface area contributed by atoms with Gasteiger partial charge < -0.3 is 10.6 Å². The first-order valence-corrected chi connectivity index (χ1v) is 10.6. The highest BCUT2D eigenvalue weighted by molar-refractivity contribution is 5.95. The second kappa shape index (κ2) is 5.96. The number of hydrogen-bond donors (Lipinski definition) is 2. The van der Waals surface area contributed by atoms with Gasteiger partial charge in [0.25, 0.3) is 0 Å². The van der Waals surface area contributed by atoms with Gasteiger partial charge in [0.05, 0.1) is 0 Å². The first-order valence-electron chi connectivity index (χ1n) is 10.6. The fourth-order valence-corrected chi connectivity index (χ4v) is 6.52. The van der Waals surface area contributed by atoms with E-state index in [1.807, 2.05) is 20.8 Å². The van der Waals surface area contributed by atoms with Gasteiger partial charge in [0.1, 0.15) is 0 Å². The van der Waals surface area contributed by atoms with E-state index in [0.717, 1.165) is 37.7 Å². The Morgan fingerprint density at radius 1 is 1.11 bits per heavy atom. The molecule has 27 heavy (non-hydrogen) atoms. The van der Waals surface area contributed by atoms with E-state index in [1.165, 1.54) is 5.70 Å². The molecule has 2 amide bonds. The largest absolute Gasteiger partial charge is 0.348 e. The van der Waals surface area contributed by atoms with Crippen LogP contribution in [0.4, 0.5) is 0 Å². The molecule has 4 nitrogen and oxygen atoms in total.